The number of hydrogen-bond acceptors (Lipinski definition) is 4. The Kier molecular flexibility index (Phi) is 8.20. The van der Waals surface area contributed by atoms with Gasteiger partial charge in [0.15, 0.2) is 12.1 Å². The quantitative estimate of drug-likeness (QED) is 0.403. The molecule has 1 aliphatic rings. The van der Waals surface area contributed by atoms with Gasteiger partial charge in [-0.2, -0.15) is 0 Å². The number of ketones is 1. The first-order valence-electron chi connectivity index (χ1n) is 7.43. The highest BCUT2D eigenvalue weighted by atomic mass is 16.7. The summed E-state index contributed by atoms with van der Waals surface area (Å²) in [5, 5.41) is 9.91. The van der Waals surface area contributed by atoms with Crippen molar-refractivity contribution in [1.29, 1.82) is 0 Å². The number of aliphatic hydroxyl groups is 1. The molecule has 0 fully saturated rings. The Bertz CT molecular complexity index is 405. The molecule has 0 aromatic rings. The lowest BCUT2D eigenvalue weighted by atomic mass is 9.96. The molecule has 0 aromatic carbocycles. The summed E-state index contributed by atoms with van der Waals surface area (Å²) < 4.78 is 10.4. The van der Waals surface area contributed by atoms with Crippen LogP contribution in [0.4, 0.5) is 0 Å². The number of allylic oxidation sites excluding steroid dienone is 4. The minimum Gasteiger partial charge on any atom is -0.392 e. The van der Waals surface area contributed by atoms with Crippen molar-refractivity contribution in [2.45, 2.75) is 45.0 Å². The second kappa shape index (κ2) is 9.66. The van der Waals surface area contributed by atoms with Crippen LogP contribution in [0.3, 0.4) is 0 Å². The van der Waals surface area contributed by atoms with Crippen LogP contribution in [0, 0.1) is 5.92 Å². The Hall–Kier alpha value is -1.23. The van der Waals surface area contributed by atoms with Crippen LogP contribution in [0.1, 0.15) is 32.6 Å². The van der Waals surface area contributed by atoms with Gasteiger partial charge in [0.1, 0.15) is 0 Å². The SMILES string of the molecule is CC/C=C\C[C@H](O)C/C=C1/C(=O)C=C[C@@H]1CC(OC)OC. The molecule has 1 rings (SSSR count). The predicted molar refractivity (Wildman–Crippen MR) is 82.8 cm³/mol. The van der Waals surface area contributed by atoms with E-state index in [1.807, 2.05) is 24.3 Å². The molecule has 0 bridgehead atoms. The van der Waals surface area contributed by atoms with Gasteiger partial charge in [-0.15, -0.1) is 0 Å². The molecule has 0 aromatic heterocycles. The van der Waals surface area contributed by atoms with E-state index >= 15 is 0 Å². The smallest absolute Gasteiger partial charge is 0.181 e. The van der Waals surface area contributed by atoms with Crippen LogP contribution in [-0.4, -0.2) is 37.5 Å². The van der Waals surface area contributed by atoms with Crippen LogP contribution in [0.15, 0.2) is 36.0 Å². The van der Waals surface area contributed by atoms with Gasteiger partial charge >= 0.3 is 0 Å². The molecular weight excluding hydrogens is 268 g/mol. The van der Waals surface area contributed by atoms with Crippen LogP contribution < -0.4 is 0 Å². The number of ether oxygens (including phenoxy) is 2. The molecule has 0 saturated heterocycles. The summed E-state index contributed by atoms with van der Waals surface area (Å²) in [7, 11) is 3.17. The van der Waals surface area contributed by atoms with E-state index in [0.29, 0.717) is 19.3 Å². The molecule has 4 nitrogen and oxygen atoms in total. The van der Waals surface area contributed by atoms with Crippen LogP contribution in [0.5, 0.6) is 0 Å². The third-order valence-corrected chi connectivity index (χ3v) is 3.56. The van der Waals surface area contributed by atoms with Gasteiger partial charge in [0.25, 0.3) is 0 Å². The Morgan fingerprint density at radius 3 is 2.62 bits per heavy atom. The predicted octanol–water partition coefficient (Wildman–Crippen LogP) is 2.78. The molecule has 4 heteroatoms. The molecule has 1 N–H and O–H groups in total. The molecule has 0 unspecified atom stereocenters. The van der Waals surface area contributed by atoms with E-state index in [0.717, 1.165) is 12.0 Å². The third kappa shape index (κ3) is 5.96. The number of rotatable bonds is 9. The number of hydrogen-bond donors (Lipinski definition) is 1. The van der Waals surface area contributed by atoms with E-state index < -0.39 is 6.10 Å². The Morgan fingerprint density at radius 2 is 2.00 bits per heavy atom. The first-order chi connectivity index (χ1) is 10.1. The number of carbonyl (C=O) groups is 1. The van der Waals surface area contributed by atoms with Crippen molar-refractivity contribution >= 4 is 5.78 Å². The Morgan fingerprint density at radius 1 is 1.29 bits per heavy atom. The van der Waals surface area contributed by atoms with E-state index in [1.165, 1.54) is 0 Å². The zero-order valence-electron chi connectivity index (χ0n) is 13.1. The van der Waals surface area contributed by atoms with Crippen LogP contribution >= 0.6 is 0 Å². The highest BCUT2D eigenvalue weighted by molar-refractivity contribution is 6.07. The average Bonchev–Trinajstić information content (AvgIpc) is 2.83. The van der Waals surface area contributed by atoms with Gasteiger partial charge in [-0.25, -0.2) is 0 Å². The lowest BCUT2D eigenvalue weighted by Gasteiger charge is -2.18. The Balaban J connectivity index is 2.58. The van der Waals surface area contributed by atoms with E-state index in [1.54, 1.807) is 20.3 Å². The second-order valence-electron chi connectivity index (χ2n) is 5.13. The lowest BCUT2D eigenvalue weighted by molar-refractivity contribution is -0.114. The van der Waals surface area contributed by atoms with E-state index in [2.05, 4.69) is 6.92 Å². The summed E-state index contributed by atoms with van der Waals surface area (Å²) in [5.74, 6) is 0.0167. The zero-order valence-corrected chi connectivity index (χ0v) is 13.1. The molecule has 0 heterocycles. The van der Waals surface area contributed by atoms with Crippen molar-refractivity contribution in [3.63, 3.8) is 0 Å². The fourth-order valence-corrected chi connectivity index (χ4v) is 2.32. The maximum Gasteiger partial charge on any atom is 0.181 e. The van der Waals surface area contributed by atoms with Crippen molar-refractivity contribution in [1.82, 2.24) is 0 Å². The summed E-state index contributed by atoms with van der Waals surface area (Å²) in [6, 6.07) is 0. The van der Waals surface area contributed by atoms with Gasteiger partial charge in [0.2, 0.25) is 0 Å². The molecule has 0 saturated carbocycles. The summed E-state index contributed by atoms with van der Waals surface area (Å²) in [6.07, 6.45) is 11.2. The first-order valence-corrected chi connectivity index (χ1v) is 7.43. The second-order valence-corrected chi connectivity index (χ2v) is 5.13. The minimum atomic E-state index is -0.449. The molecule has 0 radical (unpaired) electrons. The maximum absolute atomic E-state index is 11.9. The molecule has 118 valence electrons. The lowest BCUT2D eigenvalue weighted by Crippen LogP contribution is -2.18. The van der Waals surface area contributed by atoms with Gasteiger partial charge in [0.05, 0.1) is 6.10 Å². The first kappa shape index (κ1) is 17.8. The van der Waals surface area contributed by atoms with Gasteiger partial charge in [-0.3, -0.25) is 4.79 Å². The number of carbonyl (C=O) groups excluding carboxylic acids is 1. The average molecular weight is 294 g/mol. The minimum absolute atomic E-state index is 0.000726. The van der Waals surface area contributed by atoms with Crippen LogP contribution in [0.2, 0.25) is 0 Å². The molecule has 0 aliphatic heterocycles. The number of methoxy groups -OCH3 is 2. The molecule has 2 atom stereocenters. The van der Waals surface area contributed by atoms with Crippen LogP contribution in [-0.2, 0) is 14.3 Å². The molecular formula is C17H26O4. The summed E-state index contributed by atoms with van der Waals surface area (Å²) in [4.78, 5) is 11.9. The summed E-state index contributed by atoms with van der Waals surface area (Å²) in [5.41, 5.74) is 0.729. The van der Waals surface area contributed by atoms with Gasteiger partial charge in [0, 0.05) is 32.1 Å². The van der Waals surface area contributed by atoms with E-state index in [4.69, 9.17) is 9.47 Å². The van der Waals surface area contributed by atoms with Crippen molar-refractivity contribution in [3.8, 4) is 0 Å². The topological polar surface area (TPSA) is 55.8 Å². The summed E-state index contributed by atoms with van der Waals surface area (Å²) in [6.45, 7) is 2.06. The van der Waals surface area contributed by atoms with E-state index in [-0.39, 0.29) is 18.0 Å². The molecule has 0 amide bonds. The highest BCUT2D eigenvalue weighted by Gasteiger charge is 2.25. The number of aliphatic hydroxyl groups excluding tert-OH is 1. The fourth-order valence-electron chi connectivity index (χ4n) is 2.32. The highest BCUT2D eigenvalue weighted by Crippen LogP contribution is 2.27. The van der Waals surface area contributed by atoms with Crippen molar-refractivity contribution in [2.75, 3.05) is 14.2 Å². The maximum atomic E-state index is 11.9. The third-order valence-electron chi connectivity index (χ3n) is 3.56. The van der Waals surface area contributed by atoms with Crippen molar-refractivity contribution < 1.29 is 19.4 Å². The summed E-state index contributed by atoms with van der Waals surface area (Å²) >= 11 is 0. The molecule has 21 heavy (non-hydrogen) atoms. The van der Waals surface area contributed by atoms with Gasteiger partial charge < -0.3 is 14.6 Å². The van der Waals surface area contributed by atoms with Gasteiger partial charge in [-0.05, 0) is 25.3 Å². The van der Waals surface area contributed by atoms with Crippen molar-refractivity contribution in [3.05, 3.63) is 36.0 Å². The van der Waals surface area contributed by atoms with E-state index in [9.17, 15) is 9.90 Å². The van der Waals surface area contributed by atoms with Gasteiger partial charge in [-0.1, -0.05) is 31.2 Å². The fraction of sp³-hybridized carbons (Fsp3) is 0.588. The molecule has 1 aliphatic carbocycles. The standard InChI is InChI=1S/C17H26O4/c1-4-5-6-7-14(18)9-10-15-13(8-11-16(15)19)12-17(20-2)21-3/h5-6,8,10-11,13-14,17-18H,4,7,9,12H2,1-3H3/b6-5-,15-10+/t13-,14+/m1/s1. The monoisotopic (exact) mass is 294 g/mol. The Labute approximate surface area is 127 Å². The van der Waals surface area contributed by atoms with Crippen molar-refractivity contribution in [2.24, 2.45) is 5.92 Å². The zero-order chi connectivity index (χ0) is 15.7. The van der Waals surface area contributed by atoms with Crippen LogP contribution in [0.25, 0.3) is 0 Å². The molecule has 0 spiro atoms. The largest absolute Gasteiger partial charge is 0.392 e. The normalized spacial score (nSPS) is 22.0.